The fourth-order valence-corrected chi connectivity index (χ4v) is 4.23. The number of hydrogen-bond donors (Lipinski definition) is 2. The van der Waals surface area contributed by atoms with Crippen molar-refractivity contribution in [1.29, 1.82) is 0 Å². The number of aliphatic hydroxyl groups is 2. The lowest BCUT2D eigenvalue weighted by Crippen LogP contribution is -2.43. The van der Waals surface area contributed by atoms with Crippen molar-refractivity contribution in [2.24, 2.45) is 23.7 Å². The van der Waals surface area contributed by atoms with Gasteiger partial charge >= 0.3 is 0 Å². The lowest BCUT2D eigenvalue weighted by Gasteiger charge is -2.46. The van der Waals surface area contributed by atoms with E-state index in [2.05, 4.69) is 11.8 Å². The Morgan fingerprint density at radius 1 is 0.895 bits per heavy atom. The fraction of sp³-hybridized carbons (Fsp3) is 0.882. The maximum absolute atomic E-state index is 10.2. The molecule has 3 fully saturated rings. The Kier molecular flexibility index (Phi) is 4.15. The molecule has 19 heavy (non-hydrogen) atoms. The van der Waals surface area contributed by atoms with Crippen LogP contribution in [0.4, 0.5) is 0 Å². The first kappa shape index (κ1) is 13.5. The molecular weight excluding hydrogens is 236 g/mol. The molecule has 3 rings (SSSR count). The Labute approximate surface area is 116 Å². The molecule has 106 valence electrons. The van der Waals surface area contributed by atoms with Gasteiger partial charge in [-0.25, -0.2) is 0 Å². The zero-order chi connectivity index (χ0) is 13.2. The maximum atomic E-state index is 10.2. The van der Waals surface area contributed by atoms with E-state index in [0.29, 0.717) is 11.8 Å². The number of fused-ring (bicyclic) bond motifs is 1. The van der Waals surface area contributed by atoms with E-state index in [9.17, 15) is 10.2 Å². The topological polar surface area (TPSA) is 40.5 Å². The molecule has 3 aliphatic carbocycles. The molecule has 2 nitrogen and oxygen atoms in total. The molecule has 0 amide bonds. The highest BCUT2D eigenvalue weighted by Gasteiger charge is 2.43. The van der Waals surface area contributed by atoms with E-state index in [1.54, 1.807) is 0 Å². The van der Waals surface area contributed by atoms with Crippen molar-refractivity contribution >= 4 is 0 Å². The van der Waals surface area contributed by atoms with Crippen molar-refractivity contribution in [3.8, 4) is 11.8 Å². The van der Waals surface area contributed by atoms with E-state index in [1.165, 1.54) is 38.5 Å². The molecule has 0 radical (unpaired) electrons. The van der Waals surface area contributed by atoms with Crippen molar-refractivity contribution in [1.82, 2.24) is 0 Å². The molecule has 0 heterocycles. The first-order valence-electron chi connectivity index (χ1n) is 8.13. The molecule has 0 aromatic carbocycles. The van der Waals surface area contributed by atoms with Crippen molar-refractivity contribution < 1.29 is 10.2 Å². The van der Waals surface area contributed by atoms with Gasteiger partial charge in [0.2, 0.25) is 0 Å². The molecular formula is C17H26O2. The largest absolute Gasteiger partial charge is 0.392 e. The second-order valence-electron chi connectivity index (χ2n) is 6.80. The monoisotopic (exact) mass is 262 g/mol. The average Bonchev–Trinajstić information content (AvgIpc) is 2.41. The number of hydrogen-bond acceptors (Lipinski definition) is 2. The van der Waals surface area contributed by atoms with Crippen LogP contribution in [0.1, 0.15) is 57.8 Å². The van der Waals surface area contributed by atoms with E-state index in [0.717, 1.165) is 25.2 Å². The summed E-state index contributed by atoms with van der Waals surface area (Å²) < 4.78 is 0. The third-order valence-corrected chi connectivity index (χ3v) is 5.68. The van der Waals surface area contributed by atoms with Crippen LogP contribution in [0.25, 0.3) is 0 Å². The predicted octanol–water partition coefficient (Wildman–Crippen LogP) is 2.73. The van der Waals surface area contributed by atoms with E-state index >= 15 is 0 Å². The summed E-state index contributed by atoms with van der Waals surface area (Å²) in [5.41, 5.74) is 0. The highest BCUT2D eigenvalue weighted by molar-refractivity contribution is 5.15. The van der Waals surface area contributed by atoms with Gasteiger partial charge in [0.25, 0.3) is 0 Å². The molecule has 0 aliphatic heterocycles. The molecule has 0 aromatic rings. The second-order valence-corrected chi connectivity index (χ2v) is 6.80. The molecule has 0 spiro atoms. The van der Waals surface area contributed by atoms with Gasteiger partial charge in [-0.05, 0) is 56.3 Å². The summed E-state index contributed by atoms with van der Waals surface area (Å²) >= 11 is 0. The summed E-state index contributed by atoms with van der Waals surface area (Å²) in [7, 11) is 0. The molecule has 0 saturated heterocycles. The quantitative estimate of drug-likeness (QED) is 0.713. The minimum absolute atomic E-state index is 0.130. The van der Waals surface area contributed by atoms with Gasteiger partial charge in [-0.2, -0.15) is 0 Å². The average molecular weight is 262 g/mol. The van der Waals surface area contributed by atoms with Crippen LogP contribution < -0.4 is 0 Å². The van der Waals surface area contributed by atoms with E-state index < -0.39 is 6.10 Å². The third kappa shape index (κ3) is 2.83. The molecule has 2 heteroatoms. The van der Waals surface area contributed by atoms with E-state index in [1.807, 2.05) is 0 Å². The van der Waals surface area contributed by atoms with Gasteiger partial charge in [0.05, 0.1) is 6.10 Å². The van der Waals surface area contributed by atoms with Crippen LogP contribution in [0.2, 0.25) is 0 Å². The maximum Gasteiger partial charge on any atom is 0.117 e. The van der Waals surface area contributed by atoms with Gasteiger partial charge in [0, 0.05) is 5.92 Å². The van der Waals surface area contributed by atoms with Gasteiger partial charge in [0.15, 0.2) is 0 Å². The molecule has 0 aromatic heterocycles. The minimum Gasteiger partial charge on any atom is -0.392 e. The third-order valence-electron chi connectivity index (χ3n) is 5.68. The number of rotatable bonds is 1. The van der Waals surface area contributed by atoms with Crippen LogP contribution in [-0.4, -0.2) is 22.4 Å². The SMILES string of the molecule is O[C@H](C#C[C@H]1[C@@H]2CC[C@@H]2CC[C@@H]1O)C1CCCCC1. The van der Waals surface area contributed by atoms with Crippen LogP contribution in [0.3, 0.4) is 0 Å². The van der Waals surface area contributed by atoms with Crippen molar-refractivity contribution in [3.63, 3.8) is 0 Å². The van der Waals surface area contributed by atoms with Gasteiger partial charge in [-0.3, -0.25) is 0 Å². The molecule has 3 saturated carbocycles. The fourth-order valence-electron chi connectivity index (χ4n) is 4.23. The summed E-state index contributed by atoms with van der Waals surface area (Å²) in [6, 6.07) is 0. The first-order valence-corrected chi connectivity index (χ1v) is 8.13. The van der Waals surface area contributed by atoms with Crippen molar-refractivity contribution in [3.05, 3.63) is 0 Å². The Bertz CT molecular complexity index is 361. The Hall–Kier alpha value is -0.520. The smallest absolute Gasteiger partial charge is 0.117 e. The van der Waals surface area contributed by atoms with Crippen molar-refractivity contribution in [2.45, 2.75) is 70.0 Å². The molecule has 5 atom stereocenters. The summed E-state index contributed by atoms with van der Waals surface area (Å²) in [6.45, 7) is 0. The summed E-state index contributed by atoms with van der Waals surface area (Å²) in [5.74, 6) is 8.24. The molecule has 0 unspecified atom stereocenters. The van der Waals surface area contributed by atoms with Crippen molar-refractivity contribution in [2.75, 3.05) is 0 Å². The van der Waals surface area contributed by atoms with Crippen LogP contribution in [-0.2, 0) is 0 Å². The summed E-state index contributed by atoms with van der Waals surface area (Å²) in [6.07, 6.45) is 9.92. The second kappa shape index (κ2) is 5.85. The Balaban J connectivity index is 1.61. The summed E-state index contributed by atoms with van der Waals surface area (Å²) in [5, 5.41) is 20.3. The first-order chi connectivity index (χ1) is 9.25. The van der Waals surface area contributed by atoms with E-state index in [-0.39, 0.29) is 12.0 Å². The minimum atomic E-state index is -0.465. The van der Waals surface area contributed by atoms with Gasteiger partial charge in [0.1, 0.15) is 6.10 Å². The van der Waals surface area contributed by atoms with E-state index in [4.69, 9.17) is 0 Å². The molecule has 0 bridgehead atoms. The lowest BCUT2D eigenvalue weighted by molar-refractivity contribution is -0.0179. The normalized spacial score (nSPS) is 40.5. The Morgan fingerprint density at radius 3 is 2.32 bits per heavy atom. The van der Waals surface area contributed by atoms with Gasteiger partial charge in [-0.1, -0.05) is 31.1 Å². The highest BCUT2D eigenvalue weighted by atomic mass is 16.3. The highest BCUT2D eigenvalue weighted by Crippen LogP contribution is 2.47. The zero-order valence-corrected chi connectivity index (χ0v) is 11.7. The number of aliphatic hydroxyl groups excluding tert-OH is 2. The van der Waals surface area contributed by atoms with Crippen LogP contribution >= 0.6 is 0 Å². The van der Waals surface area contributed by atoms with Gasteiger partial charge in [-0.15, -0.1) is 0 Å². The predicted molar refractivity (Wildman–Crippen MR) is 75.3 cm³/mol. The molecule has 3 aliphatic rings. The summed E-state index contributed by atoms with van der Waals surface area (Å²) in [4.78, 5) is 0. The zero-order valence-electron chi connectivity index (χ0n) is 11.7. The van der Waals surface area contributed by atoms with Crippen LogP contribution in [0, 0.1) is 35.5 Å². The standard InChI is InChI=1S/C17H26O2/c18-16(13-4-2-1-3-5-13)11-9-15-14-8-6-12(14)7-10-17(15)19/h12-19H,1-8,10H2/t12-,14-,15+,16-,17+/m1/s1. The molecule has 2 N–H and O–H groups in total. The van der Waals surface area contributed by atoms with Crippen LogP contribution in [0.15, 0.2) is 0 Å². The lowest BCUT2D eigenvalue weighted by atomic mass is 9.60. The van der Waals surface area contributed by atoms with Gasteiger partial charge < -0.3 is 10.2 Å². The van der Waals surface area contributed by atoms with Crippen LogP contribution in [0.5, 0.6) is 0 Å². The Morgan fingerprint density at radius 2 is 1.63 bits per heavy atom.